The largest absolute Gasteiger partial charge is 0.497 e. The van der Waals surface area contributed by atoms with Crippen LogP contribution < -0.4 is 9.64 Å². The number of ether oxygens (including phenoxy) is 2. The summed E-state index contributed by atoms with van der Waals surface area (Å²) in [5.74, 6) is -1.36. The van der Waals surface area contributed by atoms with Crippen molar-refractivity contribution in [1.29, 1.82) is 0 Å². The average Bonchev–Trinajstić information content (AvgIpc) is 3.20. The SMILES string of the molecule is COc1ccc(C(=O)COC(=O)c2cccc(N3C(=O)[C@H]4CC[C@@H](c5ccccc5)C[C@@H]4C3=O)c2)cc1. The number of anilines is 1. The lowest BCUT2D eigenvalue weighted by molar-refractivity contribution is -0.122. The molecule has 2 aliphatic rings. The summed E-state index contributed by atoms with van der Waals surface area (Å²) in [5.41, 5.74) is 2.09. The Hall–Kier alpha value is -4.26. The fourth-order valence-corrected chi connectivity index (χ4v) is 5.31. The highest BCUT2D eigenvalue weighted by Crippen LogP contribution is 2.45. The predicted molar refractivity (Wildman–Crippen MR) is 137 cm³/mol. The number of carbonyl (C=O) groups excluding carboxylic acids is 4. The molecule has 1 heterocycles. The van der Waals surface area contributed by atoms with Gasteiger partial charge in [0.1, 0.15) is 5.75 Å². The molecule has 7 nitrogen and oxygen atoms in total. The number of methoxy groups -OCH3 is 1. The van der Waals surface area contributed by atoms with E-state index in [0.717, 1.165) is 6.42 Å². The highest BCUT2D eigenvalue weighted by Gasteiger charge is 2.50. The molecule has 0 unspecified atom stereocenters. The molecule has 0 radical (unpaired) electrons. The number of fused-ring (bicyclic) bond motifs is 1. The van der Waals surface area contributed by atoms with Gasteiger partial charge in [-0.25, -0.2) is 4.79 Å². The minimum atomic E-state index is -0.704. The summed E-state index contributed by atoms with van der Waals surface area (Å²) in [4.78, 5) is 52.9. The molecular weight excluding hydrogens is 470 g/mol. The van der Waals surface area contributed by atoms with Crippen molar-refractivity contribution >= 4 is 29.3 Å². The summed E-state index contributed by atoms with van der Waals surface area (Å²) in [5, 5.41) is 0. The first-order valence-corrected chi connectivity index (χ1v) is 12.3. The zero-order valence-electron chi connectivity index (χ0n) is 20.5. The molecule has 0 bridgehead atoms. The second kappa shape index (κ2) is 10.4. The van der Waals surface area contributed by atoms with Gasteiger partial charge in [-0.15, -0.1) is 0 Å². The van der Waals surface area contributed by atoms with Crippen LogP contribution in [-0.2, 0) is 14.3 Å². The number of hydrogen-bond donors (Lipinski definition) is 0. The van der Waals surface area contributed by atoms with Gasteiger partial charge in [-0.2, -0.15) is 0 Å². The van der Waals surface area contributed by atoms with Crippen molar-refractivity contribution in [2.24, 2.45) is 11.8 Å². The van der Waals surface area contributed by atoms with Crippen LogP contribution in [-0.4, -0.2) is 37.3 Å². The van der Waals surface area contributed by atoms with Crippen LogP contribution in [0.4, 0.5) is 5.69 Å². The number of rotatable bonds is 7. The van der Waals surface area contributed by atoms with Crippen LogP contribution in [0.25, 0.3) is 0 Å². The van der Waals surface area contributed by atoms with Crippen LogP contribution >= 0.6 is 0 Å². The zero-order chi connectivity index (χ0) is 25.9. The predicted octanol–water partition coefficient (Wildman–Crippen LogP) is 4.81. The third kappa shape index (κ3) is 4.89. The van der Waals surface area contributed by atoms with E-state index in [1.54, 1.807) is 36.4 Å². The maximum Gasteiger partial charge on any atom is 0.338 e. The third-order valence-electron chi connectivity index (χ3n) is 7.28. The minimum Gasteiger partial charge on any atom is -0.497 e. The standard InChI is InChI=1S/C30H27NO6/c1-36-24-13-10-20(11-14-24)27(32)18-37-30(35)22-8-5-9-23(16-22)31-28(33)25-15-12-21(17-26(25)29(31)34)19-6-3-2-4-7-19/h2-11,13-14,16,21,25-26H,12,15,17-18H2,1H3/t21-,25+,26+/m1/s1. The van der Waals surface area contributed by atoms with Crippen LogP contribution in [0, 0.1) is 11.8 Å². The molecule has 3 aromatic carbocycles. The van der Waals surface area contributed by atoms with Crippen LogP contribution in [0.2, 0.25) is 0 Å². The van der Waals surface area contributed by atoms with Gasteiger partial charge in [-0.05, 0) is 73.2 Å². The van der Waals surface area contributed by atoms with E-state index < -0.39 is 12.6 Å². The Morgan fingerprint density at radius 1 is 0.838 bits per heavy atom. The van der Waals surface area contributed by atoms with Crippen LogP contribution in [0.15, 0.2) is 78.9 Å². The van der Waals surface area contributed by atoms with E-state index in [0.29, 0.717) is 29.8 Å². The van der Waals surface area contributed by atoms with Crippen LogP contribution in [0.1, 0.15) is 51.5 Å². The van der Waals surface area contributed by atoms with Gasteiger partial charge >= 0.3 is 5.97 Å². The number of amides is 2. The molecule has 0 spiro atoms. The number of imide groups is 1. The molecule has 7 heteroatoms. The molecule has 5 rings (SSSR count). The summed E-state index contributed by atoms with van der Waals surface area (Å²) in [7, 11) is 1.53. The summed E-state index contributed by atoms with van der Waals surface area (Å²) in [6.07, 6.45) is 2.14. The molecule has 1 saturated carbocycles. The summed E-state index contributed by atoms with van der Waals surface area (Å²) in [6.45, 7) is -0.429. The van der Waals surface area contributed by atoms with E-state index in [4.69, 9.17) is 9.47 Å². The Bertz CT molecular complexity index is 1330. The quantitative estimate of drug-likeness (QED) is 0.264. The van der Waals surface area contributed by atoms with E-state index in [1.807, 2.05) is 18.2 Å². The van der Waals surface area contributed by atoms with Gasteiger partial charge in [-0.1, -0.05) is 36.4 Å². The van der Waals surface area contributed by atoms with Gasteiger partial charge in [0.25, 0.3) is 0 Å². The molecule has 0 aromatic heterocycles. The maximum atomic E-state index is 13.4. The van der Waals surface area contributed by atoms with Gasteiger partial charge in [0, 0.05) is 5.56 Å². The number of nitrogens with zero attached hydrogens (tertiary/aromatic N) is 1. The first kappa shape index (κ1) is 24.4. The zero-order valence-corrected chi connectivity index (χ0v) is 20.5. The van der Waals surface area contributed by atoms with E-state index in [-0.39, 0.29) is 40.9 Å². The van der Waals surface area contributed by atoms with Crippen molar-refractivity contribution < 1.29 is 28.7 Å². The Morgan fingerprint density at radius 2 is 1.57 bits per heavy atom. The first-order valence-electron chi connectivity index (χ1n) is 12.3. The molecule has 2 amide bonds. The Balaban J connectivity index is 1.26. The van der Waals surface area contributed by atoms with Gasteiger partial charge in [-0.3, -0.25) is 19.3 Å². The van der Waals surface area contributed by atoms with Crippen molar-refractivity contribution in [3.8, 4) is 5.75 Å². The van der Waals surface area contributed by atoms with Crippen LogP contribution in [0.3, 0.4) is 0 Å². The van der Waals surface area contributed by atoms with Gasteiger partial charge in [0.05, 0.1) is 30.2 Å². The summed E-state index contributed by atoms with van der Waals surface area (Å²) in [6, 6.07) is 22.8. The molecule has 3 atom stereocenters. The van der Waals surface area contributed by atoms with E-state index in [9.17, 15) is 19.2 Å². The number of esters is 1. The Kier molecular flexibility index (Phi) is 6.86. The number of Topliss-reactive ketones (excluding diaryl/α,β-unsaturated/α-hetero) is 1. The van der Waals surface area contributed by atoms with Crippen molar-refractivity contribution in [2.75, 3.05) is 18.6 Å². The highest BCUT2D eigenvalue weighted by molar-refractivity contribution is 6.22. The lowest BCUT2D eigenvalue weighted by Crippen LogP contribution is -2.31. The molecule has 37 heavy (non-hydrogen) atoms. The summed E-state index contributed by atoms with van der Waals surface area (Å²) < 4.78 is 10.3. The number of ketones is 1. The fraction of sp³-hybridized carbons (Fsp3) is 0.267. The molecule has 2 fully saturated rings. The van der Waals surface area contributed by atoms with Crippen molar-refractivity contribution in [3.05, 3.63) is 95.6 Å². The molecule has 188 valence electrons. The van der Waals surface area contributed by atoms with Gasteiger partial charge in [0.15, 0.2) is 12.4 Å². The lowest BCUT2D eigenvalue weighted by Gasteiger charge is -2.28. The Morgan fingerprint density at radius 3 is 2.30 bits per heavy atom. The molecule has 1 saturated heterocycles. The van der Waals surface area contributed by atoms with Crippen molar-refractivity contribution in [3.63, 3.8) is 0 Å². The average molecular weight is 498 g/mol. The van der Waals surface area contributed by atoms with E-state index in [1.165, 1.54) is 29.7 Å². The molecule has 3 aromatic rings. The first-order chi connectivity index (χ1) is 18.0. The summed E-state index contributed by atoms with van der Waals surface area (Å²) >= 11 is 0. The monoisotopic (exact) mass is 497 g/mol. The molecule has 1 aliphatic carbocycles. The molecule has 1 aliphatic heterocycles. The smallest absolute Gasteiger partial charge is 0.338 e. The minimum absolute atomic E-state index is 0.165. The van der Waals surface area contributed by atoms with Crippen LogP contribution in [0.5, 0.6) is 5.75 Å². The molecular formula is C30H27NO6. The maximum absolute atomic E-state index is 13.4. The van der Waals surface area contributed by atoms with Crippen molar-refractivity contribution in [2.45, 2.75) is 25.2 Å². The number of carbonyl (C=O) groups is 4. The van der Waals surface area contributed by atoms with E-state index >= 15 is 0 Å². The third-order valence-corrected chi connectivity index (χ3v) is 7.28. The number of hydrogen-bond acceptors (Lipinski definition) is 6. The Labute approximate surface area is 215 Å². The van der Waals surface area contributed by atoms with Crippen molar-refractivity contribution in [1.82, 2.24) is 0 Å². The van der Waals surface area contributed by atoms with Gasteiger partial charge < -0.3 is 9.47 Å². The van der Waals surface area contributed by atoms with Gasteiger partial charge in [0.2, 0.25) is 11.8 Å². The second-order valence-corrected chi connectivity index (χ2v) is 9.42. The molecule has 0 N–H and O–H groups in total. The topological polar surface area (TPSA) is 90.0 Å². The lowest BCUT2D eigenvalue weighted by atomic mass is 9.73. The second-order valence-electron chi connectivity index (χ2n) is 9.42. The normalized spacial score (nSPS) is 20.9. The van der Waals surface area contributed by atoms with E-state index in [2.05, 4.69) is 12.1 Å². The highest BCUT2D eigenvalue weighted by atomic mass is 16.5. The fourth-order valence-electron chi connectivity index (χ4n) is 5.31. The number of benzene rings is 3.